The van der Waals surface area contributed by atoms with Gasteiger partial charge in [-0.05, 0) is 29.8 Å². The number of benzene rings is 1. The second-order valence-corrected chi connectivity index (χ2v) is 7.26. The molecule has 2 fully saturated rings. The lowest BCUT2D eigenvalue weighted by Gasteiger charge is -2.35. The van der Waals surface area contributed by atoms with E-state index in [1.54, 1.807) is 25.4 Å². The molecule has 2 aliphatic heterocycles. The van der Waals surface area contributed by atoms with Crippen LogP contribution in [0.5, 0.6) is 5.75 Å². The van der Waals surface area contributed by atoms with Crippen molar-refractivity contribution in [1.82, 2.24) is 14.9 Å². The largest absolute Gasteiger partial charge is 0.497 e. The van der Waals surface area contributed by atoms with E-state index in [2.05, 4.69) is 4.98 Å². The summed E-state index contributed by atoms with van der Waals surface area (Å²) in [6, 6.07) is 11.2. The zero-order chi connectivity index (χ0) is 19.0. The molecule has 0 aliphatic carbocycles. The average molecular weight is 390 g/mol. The Balaban J connectivity index is 1.70. The molecule has 2 unspecified atom stereocenters. The van der Waals surface area contributed by atoms with Crippen LogP contribution in [-0.2, 0) is 16.9 Å². The van der Waals surface area contributed by atoms with Crippen LogP contribution in [0.4, 0.5) is 4.79 Å². The Labute approximate surface area is 162 Å². The van der Waals surface area contributed by atoms with Crippen molar-refractivity contribution in [3.8, 4) is 5.75 Å². The van der Waals surface area contributed by atoms with Gasteiger partial charge in [-0.15, -0.1) is 0 Å². The lowest BCUT2D eigenvalue weighted by Crippen LogP contribution is -2.47. The standard InChI is InChI=1S/C19H20ClN3O4/c1-26-16-4-2-13(3-5-16)9-23-19(17-8-15(20)6-7-21-17)12-22(18(24)25)10-14(19)11-27-23/h2-8,14H,9-12H2,1H3,(H,24,25). The minimum absolute atomic E-state index is 0.0159. The van der Waals surface area contributed by atoms with Gasteiger partial charge >= 0.3 is 6.09 Å². The fourth-order valence-electron chi connectivity index (χ4n) is 3.96. The normalized spacial score (nSPS) is 24.8. The van der Waals surface area contributed by atoms with Gasteiger partial charge in [0, 0.05) is 23.7 Å². The van der Waals surface area contributed by atoms with Gasteiger partial charge in [0.05, 0.1) is 32.5 Å². The summed E-state index contributed by atoms with van der Waals surface area (Å²) in [6.45, 7) is 1.63. The number of fused-ring (bicyclic) bond motifs is 1. The van der Waals surface area contributed by atoms with Crippen LogP contribution in [0.2, 0.25) is 5.02 Å². The van der Waals surface area contributed by atoms with Crippen LogP contribution in [0.25, 0.3) is 0 Å². The van der Waals surface area contributed by atoms with Crippen LogP contribution in [0.15, 0.2) is 42.6 Å². The Kier molecular flexibility index (Phi) is 4.67. The number of rotatable bonds is 4. The number of amides is 1. The van der Waals surface area contributed by atoms with E-state index in [9.17, 15) is 9.90 Å². The number of halogens is 1. The van der Waals surface area contributed by atoms with E-state index in [-0.39, 0.29) is 12.5 Å². The molecule has 2 aliphatic rings. The summed E-state index contributed by atoms with van der Waals surface area (Å²) in [4.78, 5) is 23.6. The molecule has 0 bridgehead atoms. The first-order valence-corrected chi connectivity index (χ1v) is 9.04. The summed E-state index contributed by atoms with van der Waals surface area (Å²) in [5, 5.41) is 12.0. The van der Waals surface area contributed by atoms with Gasteiger partial charge in [0.2, 0.25) is 0 Å². The third-order valence-corrected chi connectivity index (χ3v) is 5.58. The van der Waals surface area contributed by atoms with Crippen LogP contribution >= 0.6 is 11.6 Å². The van der Waals surface area contributed by atoms with Crippen LogP contribution in [0, 0.1) is 5.92 Å². The van der Waals surface area contributed by atoms with Crippen molar-refractivity contribution in [1.29, 1.82) is 0 Å². The summed E-state index contributed by atoms with van der Waals surface area (Å²) in [5.74, 6) is 0.765. The lowest BCUT2D eigenvalue weighted by atomic mass is 9.84. The molecular weight excluding hydrogens is 370 g/mol. The molecule has 1 N–H and O–H groups in total. The Hall–Kier alpha value is -2.35. The van der Waals surface area contributed by atoms with Crippen molar-refractivity contribution in [2.45, 2.75) is 12.1 Å². The van der Waals surface area contributed by atoms with Crippen LogP contribution in [-0.4, -0.2) is 53.0 Å². The minimum atomic E-state index is -0.935. The second kappa shape index (κ2) is 6.99. The Morgan fingerprint density at radius 2 is 2.19 bits per heavy atom. The zero-order valence-electron chi connectivity index (χ0n) is 14.8. The van der Waals surface area contributed by atoms with E-state index < -0.39 is 11.6 Å². The molecule has 1 aromatic heterocycles. The maximum atomic E-state index is 11.6. The third kappa shape index (κ3) is 3.12. The maximum Gasteiger partial charge on any atom is 0.407 e. The van der Waals surface area contributed by atoms with E-state index >= 15 is 0 Å². The van der Waals surface area contributed by atoms with Gasteiger partial charge in [-0.25, -0.2) is 4.79 Å². The highest BCUT2D eigenvalue weighted by molar-refractivity contribution is 6.30. The summed E-state index contributed by atoms with van der Waals surface area (Å²) >= 11 is 6.21. The molecule has 0 spiro atoms. The number of ether oxygens (including phenoxy) is 1. The molecule has 3 heterocycles. The minimum Gasteiger partial charge on any atom is -0.497 e. The maximum absolute atomic E-state index is 11.6. The molecule has 2 saturated heterocycles. The Morgan fingerprint density at radius 1 is 1.41 bits per heavy atom. The van der Waals surface area contributed by atoms with Gasteiger partial charge in [-0.2, -0.15) is 5.06 Å². The number of carboxylic acid groups (broad SMARTS) is 1. The molecular formula is C19H20ClN3O4. The number of carbonyl (C=O) groups is 1. The van der Waals surface area contributed by atoms with Gasteiger partial charge < -0.3 is 14.7 Å². The van der Waals surface area contributed by atoms with E-state index in [1.807, 2.05) is 29.3 Å². The number of methoxy groups -OCH3 is 1. The van der Waals surface area contributed by atoms with Crippen LogP contribution in [0.1, 0.15) is 11.3 Å². The van der Waals surface area contributed by atoms with E-state index in [0.29, 0.717) is 24.7 Å². The number of nitrogens with zero attached hydrogens (tertiary/aromatic N) is 3. The fourth-order valence-corrected chi connectivity index (χ4v) is 4.12. The number of hydrogen-bond acceptors (Lipinski definition) is 5. The van der Waals surface area contributed by atoms with Crippen molar-refractivity contribution in [2.75, 3.05) is 26.8 Å². The number of hydroxylamine groups is 2. The molecule has 4 rings (SSSR count). The quantitative estimate of drug-likeness (QED) is 0.866. The highest BCUT2D eigenvalue weighted by Crippen LogP contribution is 2.47. The van der Waals surface area contributed by atoms with Crippen molar-refractivity contribution in [3.05, 3.63) is 58.9 Å². The summed E-state index contributed by atoms with van der Waals surface area (Å²) in [6.07, 6.45) is 0.715. The van der Waals surface area contributed by atoms with Gasteiger partial charge in [0.25, 0.3) is 0 Å². The molecule has 1 amide bonds. The van der Waals surface area contributed by atoms with Crippen LogP contribution in [0.3, 0.4) is 0 Å². The summed E-state index contributed by atoms with van der Waals surface area (Å²) in [7, 11) is 1.63. The molecule has 2 aromatic rings. The molecule has 8 heteroatoms. The smallest absolute Gasteiger partial charge is 0.407 e. The monoisotopic (exact) mass is 389 g/mol. The highest BCUT2D eigenvalue weighted by Gasteiger charge is 2.59. The predicted octanol–water partition coefficient (Wildman–Crippen LogP) is 3.00. The molecule has 2 atom stereocenters. The SMILES string of the molecule is COc1ccc(CN2OCC3CN(C(=O)O)CC32c2cc(Cl)ccn2)cc1. The van der Waals surface area contributed by atoms with Crippen molar-refractivity contribution in [3.63, 3.8) is 0 Å². The number of pyridine rings is 1. The van der Waals surface area contributed by atoms with Crippen molar-refractivity contribution < 1.29 is 19.5 Å². The zero-order valence-corrected chi connectivity index (χ0v) is 15.6. The van der Waals surface area contributed by atoms with Crippen molar-refractivity contribution in [2.24, 2.45) is 5.92 Å². The average Bonchev–Trinajstić information content (AvgIpc) is 3.20. The second-order valence-electron chi connectivity index (χ2n) is 6.82. The summed E-state index contributed by atoms with van der Waals surface area (Å²) in [5.41, 5.74) is 1.10. The lowest BCUT2D eigenvalue weighted by molar-refractivity contribution is -0.177. The first-order chi connectivity index (χ1) is 13.0. The van der Waals surface area contributed by atoms with E-state index in [1.165, 1.54) is 4.90 Å². The molecule has 0 radical (unpaired) electrons. The van der Waals surface area contributed by atoms with Gasteiger partial charge in [0.15, 0.2) is 0 Å². The predicted molar refractivity (Wildman–Crippen MR) is 98.5 cm³/mol. The van der Waals surface area contributed by atoms with Crippen LogP contribution < -0.4 is 4.74 Å². The first-order valence-electron chi connectivity index (χ1n) is 8.66. The molecule has 1 aromatic carbocycles. The molecule has 7 nitrogen and oxygen atoms in total. The summed E-state index contributed by atoms with van der Waals surface area (Å²) < 4.78 is 5.21. The van der Waals surface area contributed by atoms with Gasteiger partial charge in [0.1, 0.15) is 11.3 Å². The highest BCUT2D eigenvalue weighted by atomic mass is 35.5. The molecule has 27 heavy (non-hydrogen) atoms. The number of likely N-dealkylation sites (tertiary alicyclic amines) is 1. The van der Waals surface area contributed by atoms with Crippen molar-refractivity contribution >= 4 is 17.7 Å². The van der Waals surface area contributed by atoms with E-state index in [4.69, 9.17) is 21.2 Å². The first kappa shape index (κ1) is 18.0. The number of hydrogen-bond donors (Lipinski definition) is 1. The topological polar surface area (TPSA) is 75.1 Å². The number of aromatic nitrogens is 1. The van der Waals surface area contributed by atoms with Gasteiger partial charge in [-0.1, -0.05) is 23.7 Å². The molecule has 0 saturated carbocycles. The third-order valence-electron chi connectivity index (χ3n) is 5.35. The van der Waals surface area contributed by atoms with E-state index in [0.717, 1.165) is 17.0 Å². The fraction of sp³-hybridized carbons (Fsp3) is 0.368. The molecule has 142 valence electrons. The Bertz CT molecular complexity index is 847. The Morgan fingerprint density at radius 3 is 2.85 bits per heavy atom. The van der Waals surface area contributed by atoms with Gasteiger partial charge in [-0.3, -0.25) is 9.82 Å².